The molecule has 2 unspecified atom stereocenters. The molecule has 0 fully saturated rings. The van der Waals surface area contributed by atoms with Crippen molar-refractivity contribution in [2.24, 2.45) is 0 Å². The minimum atomic E-state index is -1.15. The van der Waals surface area contributed by atoms with Crippen LogP contribution in [0.15, 0.2) is 36.7 Å². The Morgan fingerprint density at radius 1 is 1.33 bits per heavy atom. The van der Waals surface area contributed by atoms with Gasteiger partial charge >= 0.3 is 11.9 Å². The quantitative estimate of drug-likeness (QED) is 0.860. The summed E-state index contributed by atoms with van der Waals surface area (Å²) in [7, 11) is 1.76. The van der Waals surface area contributed by atoms with Crippen molar-refractivity contribution in [3.05, 3.63) is 47.8 Å². The fourth-order valence-corrected chi connectivity index (χ4v) is 2.31. The number of nitrogens with zero attached hydrogens (tertiary/aromatic N) is 2. The number of aromatic carboxylic acids is 1. The smallest absolute Gasteiger partial charge is 0.398 e. The second kappa shape index (κ2) is 5.57. The summed E-state index contributed by atoms with van der Waals surface area (Å²) in [5.41, 5.74) is -0.00262. The summed E-state index contributed by atoms with van der Waals surface area (Å²) in [6.45, 7) is 4.76. The molecule has 2 rings (SSSR count). The van der Waals surface area contributed by atoms with Crippen LogP contribution in [0.1, 0.15) is 34.6 Å². The molecule has 0 amide bonds. The molecule has 0 saturated heterocycles. The zero-order valence-corrected chi connectivity index (χ0v) is 12.3. The summed E-state index contributed by atoms with van der Waals surface area (Å²) in [6, 6.07) is 6.04. The number of benzene rings is 1. The molecule has 1 aromatic rings. The van der Waals surface area contributed by atoms with E-state index < -0.39 is 11.9 Å². The Bertz CT molecular complexity index is 599. The monoisotopic (exact) mass is 291 g/mol. The molecular weight excluding hydrogens is 272 g/mol. The Kier molecular flexibility index (Phi) is 3.99. The number of hydrogen-bond donors (Lipinski definition) is 1. The topological polar surface area (TPSA) is 66.8 Å². The van der Waals surface area contributed by atoms with E-state index in [9.17, 15) is 9.59 Å². The van der Waals surface area contributed by atoms with Gasteiger partial charge in [-0.3, -0.25) is 4.84 Å². The van der Waals surface area contributed by atoms with Gasteiger partial charge in [-0.05, 0) is 19.1 Å². The number of quaternary nitrogens is 1. The maximum atomic E-state index is 12.3. The lowest BCUT2D eigenvalue weighted by Gasteiger charge is -2.31. The van der Waals surface area contributed by atoms with Gasteiger partial charge in [-0.2, -0.15) is 0 Å². The number of carboxylic acids is 1. The van der Waals surface area contributed by atoms with Gasteiger partial charge in [0, 0.05) is 13.5 Å². The fourth-order valence-electron chi connectivity index (χ4n) is 2.31. The minimum Gasteiger partial charge on any atom is -0.478 e. The molecule has 0 saturated carbocycles. The summed E-state index contributed by atoms with van der Waals surface area (Å²) in [4.78, 5) is 31.1. The molecule has 21 heavy (non-hydrogen) atoms. The summed E-state index contributed by atoms with van der Waals surface area (Å²) in [6.07, 6.45) is 3.59. The van der Waals surface area contributed by atoms with Crippen LogP contribution in [-0.4, -0.2) is 46.3 Å². The Labute approximate surface area is 123 Å². The van der Waals surface area contributed by atoms with Crippen LogP contribution in [-0.2, 0) is 4.84 Å². The normalized spacial score (nSPS) is 24.1. The van der Waals surface area contributed by atoms with Gasteiger partial charge in [-0.1, -0.05) is 16.8 Å². The molecule has 0 aromatic heterocycles. The van der Waals surface area contributed by atoms with Crippen LogP contribution in [0.2, 0.25) is 0 Å². The van der Waals surface area contributed by atoms with Gasteiger partial charge in [-0.25, -0.2) is 9.59 Å². The lowest BCUT2D eigenvalue weighted by atomic mass is 10.1. The highest BCUT2D eigenvalue weighted by Crippen LogP contribution is 2.25. The molecule has 1 aliphatic heterocycles. The van der Waals surface area contributed by atoms with Gasteiger partial charge in [-0.15, -0.1) is 0 Å². The predicted molar refractivity (Wildman–Crippen MR) is 76.0 cm³/mol. The molecule has 0 aliphatic carbocycles. The van der Waals surface area contributed by atoms with Crippen molar-refractivity contribution in [2.75, 3.05) is 13.6 Å². The maximum Gasteiger partial charge on any atom is 0.398 e. The van der Waals surface area contributed by atoms with Crippen LogP contribution in [0.5, 0.6) is 0 Å². The minimum absolute atomic E-state index is 0.0410. The molecule has 0 bridgehead atoms. The number of hydrogen-bond acceptors (Lipinski definition) is 4. The Morgan fingerprint density at radius 2 is 1.95 bits per heavy atom. The summed E-state index contributed by atoms with van der Waals surface area (Å²) >= 11 is 0. The Balaban J connectivity index is 2.24. The van der Waals surface area contributed by atoms with Crippen molar-refractivity contribution in [1.29, 1.82) is 0 Å². The first-order valence-corrected chi connectivity index (χ1v) is 6.76. The van der Waals surface area contributed by atoms with E-state index in [1.807, 2.05) is 24.9 Å². The first kappa shape index (κ1) is 15.1. The highest BCUT2D eigenvalue weighted by atomic mass is 16.7. The lowest BCUT2D eigenvalue weighted by Crippen LogP contribution is -2.50. The fraction of sp³-hybridized carbons (Fsp3) is 0.333. The molecule has 6 heteroatoms. The molecule has 1 heterocycles. The largest absolute Gasteiger partial charge is 0.478 e. The third-order valence-corrected chi connectivity index (χ3v) is 3.80. The lowest BCUT2D eigenvalue weighted by molar-refractivity contribution is -1.05. The van der Waals surface area contributed by atoms with E-state index in [2.05, 4.69) is 0 Å². The Hall–Kier alpha value is -2.34. The summed E-state index contributed by atoms with van der Waals surface area (Å²) in [5.74, 6) is -1.80. The molecule has 6 nitrogen and oxygen atoms in total. The zero-order valence-electron chi connectivity index (χ0n) is 12.3. The number of carbonyl (C=O) groups excluding carboxylic acids is 1. The van der Waals surface area contributed by atoms with Gasteiger partial charge in [0.05, 0.1) is 17.3 Å². The van der Waals surface area contributed by atoms with Crippen molar-refractivity contribution in [2.45, 2.75) is 20.0 Å². The predicted octanol–water partition coefficient (Wildman–Crippen LogP) is 2.06. The number of rotatable bonds is 4. The van der Waals surface area contributed by atoms with E-state index in [0.717, 1.165) is 6.54 Å². The van der Waals surface area contributed by atoms with Crippen LogP contribution >= 0.6 is 0 Å². The average Bonchev–Trinajstić information content (AvgIpc) is 2.74. The molecule has 2 atom stereocenters. The molecule has 112 valence electrons. The molecular formula is C15H19N2O4+. The third-order valence-electron chi connectivity index (χ3n) is 3.80. The van der Waals surface area contributed by atoms with Crippen LogP contribution in [0.4, 0.5) is 0 Å². The van der Waals surface area contributed by atoms with Gasteiger partial charge in [0.2, 0.25) is 6.17 Å². The van der Waals surface area contributed by atoms with E-state index in [4.69, 9.17) is 9.94 Å². The second-order valence-electron chi connectivity index (χ2n) is 5.05. The van der Waals surface area contributed by atoms with Crippen LogP contribution in [0.3, 0.4) is 0 Å². The van der Waals surface area contributed by atoms with E-state index in [1.165, 1.54) is 12.1 Å². The number of carboxylic acid groups (broad SMARTS) is 1. The van der Waals surface area contributed by atoms with Gasteiger partial charge < -0.3 is 10.0 Å². The SMILES string of the molecule is CCN1C=C[N+](C)(OC(=O)c2ccccc2C(=O)O)C1C. The van der Waals surface area contributed by atoms with Crippen molar-refractivity contribution >= 4 is 11.9 Å². The van der Waals surface area contributed by atoms with Crippen molar-refractivity contribution in [1.82, 2.24) is 4.90 Å². The molecule has 0 radical (unpaired) electrons. The van der Waals surface area contributed by atoms with E-state index in [0.29, 0.717) is 0 Å². The van der Waals surface area contributed by atoms with E-state index in [-0.39, 0.29) is 21.9 Å². The van der Waals surface area contributed by atoms with Crippen molar-refractivity contribution in [3.8, 4) is 0 Å². The second-order valence-corrected chi connectivity index (χ2v) is 5.05. The number of carbonyl (C=O) groups is 2. The maximum absolute atomic E-state index is 12.3. The average molecular weight is 291 g/mol. The summed E-state index contributed by atoms with van der Waals surface area (Å²) in [5, 5.41) is 9.14. The van der Waals surface area contributed by atoms with E-state index >= 15 is 0 Å². The van der Waals surface area contributed by atoms with Crippen molar-refractivity contribution in [3.63, 3.8) is 0 Å². The highest BCUT2D eigenvalue weighted by molar-refractivity contribution is 6.02. The standard InChI is InChI=1S/C15H18N2O4/c1-4-16-9-10-17(3,11(16)2)21-15(20)13-8-6-5-7-12(13)14(18)19/h5-11H,4H2,1-3H3/p+1. The zero-order chi connectivity index (χ0) is 15.6. The van der Waals surface area contributed by atoms with Gasteiger partial charge in [0.1, 0.15) is 7.05 Å². The van der Waals surface area contributed by atoms with Gasteiger partial charge in [0.25, 0.3) is 0 Å². The molecule has 0 spiro atoms. The molecule has 1 N–H and O–H groups in total. The first-order chi connectivity index (χ1) is 9.89. The number of hydroxylamine groups is 3. The van der Waals surface area contributed by atoms with Crippen LogP contribution < -0.4 is 0 Å². The van der Waals surface area contributed by atoms with Crippen molar-refractivity contribution < 1.29 is 24.2 Å². The first-order valence-electron chi connectivity index (χ1n) is 6.76. The highest BCUT2D eigenvalue weighted by Gasteiger charge is 2.41. The van der Waals surface area contributed by atoms with E-state index in [1.54, 1.807) is 25.4 Å². The third kappa shape index (κ3) is 2.75. The van der Waals surface area contributed by atoms with Crippen LogP contribution in [0, 0.1) is 0 Å². The molecule has 1 aromatic carbocycles. The Morgan fingerprint density at radius 3 is 2.48 bits per heavy atom. The molecule has 1 aliphatic rings. The van der Waals surface area contributed by atoms with Gasteiger partial charge in [0.15, 0.2) is 6.20 Å². The summed E-state index contributed by atoms with van der Waals surface area (Å²) < 4.78 is -0.0410. The van der Waals surface area contributed by atoms with Crippen LogP contribution in [0.25, 0.3) is 0 Å².